The fourth-order valence-electron chi connectivity index (χ4n) is 7.78. The second-order valence-electron chi connectivity index (χ2n) is 23.9. The van der Waals surface area contributed by atoms with E-state index in [1.54, 1.807) is 0 Å². The molecule has 1 aliphatic carbocycles. The molecular weight excluding hydrogens is 893 g/mol. The number of aryl methyl sites for hydroxylation is 2. The highest BCUT2D eigenvalue weighted by atomic mass is 28.3. The maximum absolute atomic E-state index is 5.93. The van der Waals surface area contributed by atoms with Crippen LogP contribution in [0.15, 0.2) is 104 Å². The Balaban J connectivity index is 0.000000170. The van der Waals surface area contributed by atoms with Gasteiger partial charge in [-0.05, 0) is 104 Å². The molecule has 4 aromatic carbocycles. The highest BCUT2D eigenvalue weighted by Crippen LogP contribution is 2.40. The predicted octanol–water partition coefficient (Wildman–Crippen LogP) is 14.0. The summed E-state index contributed by atoms with van der Waals surface area (Å²) in [7, 11) is -3.99. The van der Waals surface area contributed by atoms with Crippen molar-refractivity contribution in [1.82, 2.24) is 0 Å². The predicted molar refractivity (Wildman–Crippen MR) is 296 cm³/mol. The van der Waals surface area contributed by atoms with Gasteiger partial charge in [0.2, 0.25) is 0 Å². The summed E-state index contributed by atoms with van der Waals surface area (Å²) in [5.74, 6) is 3.73. The van der Waals surface area contributed by atoms with Gasteiger partial charge >= 0.3 is 0 Å². The second-order valence-corrected chi connectivity index (χ2v) is 45.7. The molecule has 4 aromatic rings. The quantitative estimate of drug-likeness (QED) is 0.0649. The summed E-state index contributed by atoms with van der Waals surface area (Å²) >= 11 is 0. The average Bonchev–Trinajstić information content (AvgIpc) is 4.14. The van der Waals surface area contributed by atoms with Gasteiger partial charge in [-0.25, -0.2) is 0 Å². The van der Waals surface area contributed by atoms with Crippen molar-refractivity contribution in [3.63, 3.8) is 0 Å². The van der Waals surface area contributed by atoms with Gasteiger partial charge in [-0.2, -0.15) is 0 Å². The van der Waals surface area contributed by atoms with Crippen LogP contribution < -0.4 is 19.4 Å². The lowest BCUT2D eigenvalue weighted by molar-refractivity contribution is 0.253. The van der Waals surface area contributed by atoms with Crippen LogP contribution in [0.25, 0.3) is 6.08 Å². The number of hydrogen-bond acceptors (Lipinski definition) is 6. The SMILES string of the molecule is C=Cc1ccc(CC[Si](C)(C)C)cc1.C[Si](C)(C)CCc1ccc(OCCC2CCC3OC3C2)cc1.C[Si](C)(C)Cc1ccc(OCC2CO2)cc1.C[Si](C)(C)c1ccc(OCC2CO2)cc1. The summed E-state index contributed by atoms with van der Waals surface area (Å²) in [6.07, 6.45) is 11.2. The molecule has 3 heterocycles. The zero-order valence-corrected chi connectivity index (χ0v) is 47.8. The first-order chi connectivity index (χ1) is 31.6. The van der Waals surface area contributed by atoms with Crippen molar-refractivity contribution in [1.29, 1.82) is 0 Å². The number of hydrogen-bond donors (Lipinski definition) is 0. The monoisotopic (exact) mass is 981 g/mol. The zero-order chi connectivity index (χ0) is 48.7. The first kappa shape index (κ1) is 54.7. The fourth-order valence-corrected chi connectivity index (χ4v) is 12.5. The van der Waals surface area contributed by atoms with Gasteiger partial charge in [-0.3, -0.25) is 0 Å². The van der Waals surface area contributed by atoms with E-state index in [0.717, 1.165) is 43.0 Å². The van der Waals surface area contributed by atoms with Crippen LogP contribution in [0.5, 0.6) is 17.2 Å². The Hall–Kier alpha value is -3.23. The van der Waals surface area contributed by atoms with Crippen molar-refractivity contribution in [3.8, 4) is 17.2 Å². The lowest BCUT2D eigenvalue weighted by atomic mass is 9.87. The Labute approximate surface area is 411 Å². The molecule has 0 spiro atoms. The van der Waals surface area contributed by atoms with E-state index in [-0.39, 0.29) is 0 Å². The Morgan fingerprint density at radius 3 is 1.40 bits per heavy atom. The minimum atomic E-state index is -1.17. The molecule has 0 amide bonds. The number of fused-ring (bicyclic) bond motifs is 1. The zero-order valence-electron chi connectivity index (χ0n) is 43.8. The smallest absolute Gasteiger partial charge is 0.119 e. The average molecular weight is 982 g/mol. The van der Waals surface area contributed by atoms with Crippen LogP contribution in [0.3, 0.4) is 0 Å². The second kappa shape index (κ2) is 25.6. The first-order valence-electron chi connectivity index (χ1n) is 25.4. The van der Waals surface area contributed by atoms with Gasteiger partial charge in [0.1, 0.15) is 42.7 Å². The summed E-state index contributed by atoms with van der Waals surface area (Å²) in [4.78, 5) is 0. The largest absolute Gasteiger partial charge is 0.494 e. The van der Waals surface area contributed by atoms with Crippen molar-refractivity contribution in [2.45, 2.75) is 160 Å². The number of ether oxygens (including phenoxy) is 6. The van der Waals surface area contributed by atoms with Crippen LogP contribution in [0.1, 0.15) is 47.9 Å². The molecule has 4 fully saturated rings. The molecular formula is C57H88O6Si4. The van der Waals surface area contributed by atoms with Crippen molar-refractivity contribution in [3.05, 3.63) is 126 Å². The van der Waals surface area contributed by atoms with E-state index in [1.807, 2.05) is 6.08 Å². The third kappa shape index (κ3) is 23.8. The minimum Gasteiger partial charge on any atom is -0.494 e. The summed E-state index contributed by atoms with van der Waals surface area (Å²) in [5.41, 5.74) is 5.54. The molecule has 368 valence electrons. The maximum Gasteiger partial charge on any atom is 0.119 e. The van der Waals surface area contributed by atoms with E-state index in [2.05, 4.69) is 182 Å². The Morgan fingerprint density at radius 1 is 0.537 bits per heavy atom. The number of epoxide rings is 3. The van der Waals surface area contributed by atoms with Crippen molar-refractivity contribution < 1.29 is 28.4 Å². The highest BCUT2D eigenvalue weighted by molar-refractivity contribution is 6.88. The molecule has 0 N–H and O–H groups in total. The van der Waals surface area contributed by atoms with Gasteiger partial charge in [0, 0.05) is 24.2 Å². The molecule has 3 saturated heterocycles. The van der Waals surface area contributed by atoms with Crippen LogP contribution in [0, 0.1) is 5.92 Å². The van der Waals surface area contributed by atoms with E-state index in [0.29, 0.717) is 37.6 Å². The molecule has 4 aliphatic rings. The van der Waals surface area contributed by atoms with E-state index in [1.165, 1.54) is 84.1 Å². The highest BCUT2D eigenvalue weighted by Gasteiger charge is 2.43. The normalized spacial score (nSPS) is 20.5. The molecule has 8 rings (SSSR count). The Morgan fingerprint density at radius 2 is 0.985 bits per heavy atom. The van der Waals surface area contributed by atoms with Gasteiger partial charge in [0.15, 0.2) is 0 Å². The number of rotatable bonds is 20. The molecule has 3 aliphatic heterocycles. The summed E-state index contributed by atoms with van der Waals surface area (Å²) in [5, 5.41) is 1.47. The van der Waals surface area contributed by atoms with Crippen molar-refractivity contribution in [2.75, 3.05) is 33.0 Å². The van der Waals surface area contributed by atoms with Crippen LogP contribution in [0.2, 0.25) is 90.7 Å². The van der Waals surface area contributed by atoms with Crippen LogP contribution >= 0.6 is 0 Å². The van der Waals surface area contributed by atoms with Gasteiger partial charge in [0.25, 0.3) is 0 Å². The minimum absolute atomic E-state index is 0.335. The van der Waals surface area contributed by atoms with Gasteiger partial charge in [-0.15, -0.1) is 0 Å². The third-order valence-electron chi connectivity index (χ3n) is 12.4. The molecule has 0 aromatic heterocycles. The van der Waals surface area contributed by atoms with Gasteiger partial charge in [0.05, 0.1) is 40.1 Å². The van der Waals surface area contributed by atoms with E-state index in [9.17, 15) is 0 Å². The molecule has 10 heteroatoms. The molecule has 5 atom stereocenters. The van der Waals surface area contributed by atoms with E-state index < -0.39 is 32.3 Å². The lowest BCUT2D eigenvalue weighted by Crippen LogP contribution is -2.37. The third-order valence-corrected chi connectivity index (χ3v) is 19.5. The molecule has 0 radical (unpaired) electrons. The molecule has 0 bridgehead atoms. The lowest BCUT2D eigenvalue weighted by Gasteiger charge is -2.19. The standard InChI is InChI=1S/C19H30O2Si.C13H20O2Si.C13H20Si.C12H18O2Si/c1-22(2,3)13-11-15-4-7-17(8-5-15)20-12-10-16-6-9-18-19(14-16)21-18;1-16(2,3)10-11-4-6-12(7-5-11)14-8-13-9-15-13;1-5-12-6-8-13(9-7-12)10-11-14(2,3)4;1-15(2,3)12-6-4-10(5-7-12)13-8-11-9-14-11/h4-5,7-8,16,18-19H,6,9-14H2,1-3H3;4-7,13H,8-10H2,1-3H3;5-9H,1,10-11H2,2-4H3;4-7,11H,8-9H2,1-3H3. The topological polar surface area (TPSA) is 65.3 Å². The maximum atomic E-state index is 5.93. The van der Waals surface area contributed by atoms with Crippen molar-refractivity contribution >= 4 is 43.6 Å². The van der Waals surface area contributed by atoms with E-state index >= 15 is 0 Å². The molecule has 6 nitrogen and oxygen atoms in total. The summed E-state index contributed by atoms with van der Waals surface area (Å²) in [6.45, 7) is 36.5. The van der Waals surface area contributed by atoms with Crippen molar-refractivity contribution in [2.24, 2.45) is 5.92 Å². The summed E-state index contributed by atoms with van der Waals surface area (Å²) < 4.78 is 32.9. The van der Waals surface area contributed by atoms with Crippen LogP contribution in [-0.4, -0.2) is 89.7 Å². The molecule has 5 unspecified atom stereocenters. The van der Waals surface area contributed by atoms with Gasteiger partial charge in [-0.1, -0.05) is 175 Å². The van der Waals surface area contributed by atoms with Gasteiger partial charge < -0.3 is 28.4 Å². The van der Waals surface area contributed by atoms with E-state index in [4.69, 9.17) is 28.4 Å². The van der Waals surface area contributed by atoms with Crippen LogP contribution in [-0.2, 0) is 33.1 Å². The van der Waals surface area contributed by atoms with Crippen LogP contribution in [0.4, 0.5) is 0 Å². The number of benzene rings is 4. The Bertz CT molecular complexity index is 2020. The summed E-state index contributed by atoms with van der Waals surface area (Å²) in [6, 6.07) is 38.5. The first-order valence-corrected chi connectivity index (χ1v) is 40.0. The molecule has 1 saturated carbocycles. The molecule has 67 heavy (non-hydrogen) atoms. The fraction of sp³-hybridized carbons (Fsp3) is 0.544. The Kier molecular flexibility index (Phi) is 20.9.